The number of hydrogen-bond acceptors (Lipinski definition) is 5. The van der Waals surface area contributed by atoms with Gasteiger partial charge in [-0.25, -0.2) is 0 Å². The molecule has 10 heteroatoms. The van der Waals surface area contributed by atoms with Crippen LogP contribution in [0.4, 0.5) is 8.78 Å². The molecule has 0 bridgehead atoms. The van der Waals surface area contributed by atoms with Crippen molar-refractivity contribution in [1.82, 2.24) is 10.6 Å². The summed E-state index contributed by atoms with van der Waals surface area (Å²) in [5.41, 5.74) is 0.517. The lowest BCUT2D eigenvalue weighted by Gasteiger charge is -2.15. The second kappa shape index (κ2) is 9.76. The van der Waals surface area contributed by atoms with Crippen LogP contribution in [-0.2, 0) is 13.1 Å². The fraction of sp³-hybridized carbons (Fsp3) is 0.312. The molecule has 0 unspecified atom stereocenters. The van der Waals surface area contributed by atoms with Crippen LogP contribution in [-0.4, -0.2) is 26.4 Å². The van der Waals surface area contributed by atoms with Crippen molar-refractivity contribution in [3.05, 3.63) is 40.1 Å². The van der Waals surface area contributed by atoms with Gasteiger partial charge < -0.3 is 24.8 Å². The van der Waals surface area contributed by atoms with Gasteiger partial charge in [-0.05, 0) is 17.5 Å². The van der Waals surface area contributed by atoms with Crippen molar-refractivity contribution in [3.8, 4) is 17.2 Å². The topological polar surface area (TPSA) is 64.1 Å². The van der Waals surface area contributed by atoms with Crippen LogP contribution in [0.1, 0.15) is 10.4 Å². The number of fused-ring (bicyclic) bond motifs is 1. The van der Waals surface area contributed by atoms with Gasteiger partial charge in [0.25, 0.3) is 0 Å². The number of nitrogens with one attached hydrogen (secondary N) is 2. The minimum Gasteiger partial charge on any atom is -0.454 e. The van der Waals surface area contributed by atoms with E-state index >= 15 is 0 Å². The molecule has 2 heterocycles. The van der Waals surface area contributed by atoms with E-state index in [2.05, 4.69) is 20.4 Å². The standard InChI is InChI=1S/C16H17F2N3O3S.HI/c1-19-16(21-8-11-3-2-4-25-11)20-7-10-5-13-14(23-9-22-13)6-12(10)24-15(17)18;/h2-6,15H,7-9H2,1H3,(H2,19,20,21);1H. The van der Waals surface area contributed by atoms with Crippen molar-refractivity contribution < 1.29 is 23.0 Å². The normalized spacial score (nSPS) is 12.7. The molecule has 0 aliphatic carbocycles. The third kappa shape index (κ3) is 5.34. The Kier molecular flexibility index (Phi) is 7.69. The molecular weight excluding hydrogens is 479 g/mol. The van der Waals surface area contributed by atoms with E-state index in [0.29, 0.717) is 29.6 Å². The van der Waals surface area contributed by atoms with Crippen LogP contribution in [0.15, 0.2) is 34.6 Å². The molecule has 142 valence electrons. The molecule has 3 rings (SSSR count). The van der Waals surface area contributed by atoms with Gasteiger partial charge in [0, 0.05) is 30.1 Å². The first-order valence-corrected chi connectivity index (χ1v) is 8.38. The zero-order chi connectivity index (χ0) is 17.6. The fourth-order valence-electron chi connectivity index (χ4n) is 2.29. The zero-order valence-corrected chi connectivity index (χ0v) is 17.0. The molecule has 0 radical (unpaired) electrons. The summed E-state index contributed by atoms with van der Waals surface area (Å²) in [6, 6.07) is 7.02. The van der Waals surface area contributed by atoms with Crippen LogP contribution < -0.4 is 24.8 Å². The highest BCUT2D eigenvalue weighted by Crippen LogP contribution is 2.38. The first-order chi connectivity index (χ1) is 12.2. The number of ether oxygens (including phenoxy) is 3. The fourth-order valence-corrected chi connectivity index (χ4v) is 2.94. The van der Waals surface area contributed by atoms with Gasteiger partial charge in [-0.3, -0.25) is 4.99 Å². The number of aliphatic imine (C=N–C) groups is 1. The zero-order valence-electron chi connectivity index (χ0n) is 13.8. The molecule has 1 aromatic heterocycles. The van der Waals surface area contributed by atoms with Crippen molar-refractivity contribution in [3.63, 3.8) is 0 Å². The lowest BCUT2D eigenvalue weighted by molar-refractivity contribution is -0.0505. The molecule has 2 aromatic rings. The van der Waals surface area contributed by atoms with Crippen LogP contribution >= 0.6 is 35.3 Å². The third-order valence-electron chi connectivity index (χ3n) is 3.45. The molecule has 0 saturated carbocycles. The number of rotatable bonds is 6. The summed E-state index contributed by atoms with van der Waals surface area (Å²) in [7, 11) is 1.64. The minimum atomic E-state index is -2.92. The summed E-state index contributed by atoms with van der Waals surface area (Å²) < 4.78 is 40.4. The van der Waals surface area contributed by atoms with Gasteiger partial charge in [-0.15, -0.1) is 35.3 Å². The molecule has 0 atom stereocenters. The second-order valence-corrected chi connectivity index (χ2v) is 6.08. The molecule has 6 nitrogen and oxygen atoms in total. The van der Waals surface area contributed by atoms with Gasteiger partial charge in [0.1, 0.15) is 5.75 Å². The number of guanidine groups is 1. The predicted molar refractivity (Wildman–Crippen MR) is 106 cm³/mol. The van der Waals surface area contributed by atoms with Crippen molar-refractivity contribution >= 4 is 41.3 Å². The number of benzene rings is 1. The maximum Gasteiger partial charge on any atom is 0.387 e. The van der Waals surface area contributed by atoms with E-state index in [1.54, 1.807) is 24.5 Å². The molecule has 0 fully saturated rings. The highest BCUT2D eigenvalue weighted by molar-refractivity contribution is 14.0. The average Bonchev–Trinajstić information content (AvgIpc) is 3.25. The minimum absolute atomic E-state index is 0. The van der Waals surface area contributed by atoms with Crippen molar-refractivity contribution in [2.75, 3.05) is 13.8 Å². The Morgan fingerprint density at radius 3 is 2.65 bits per heavy atom. The Morgan fingerprint density at radius 2 is 2.00 bits per heavy atom. The third-order valence-corrected chi connectivity index (χ3v) is 4.33. The second-order valence-electron chi connectivity index (χ2n) is 5.05. The summed E-state index contributed by atoms with van der Waals surface area (Å²) in [4.78, 5) is 5.28. The van der Waals surface area contributed by atoms with Crippen LogP contribution in [0.2, 0.25) is 0 Å². The van der Waals surface area contributed by atoms with Crippen molar-refractivity contribution in [1.29, 1.82) is 0 Å². The Labute approximate surface area is 170 Å². The molecule has 1 aliphatic rings. The molecule has 1 aromatic carbocycles. The quantitative estimate of drug-likeness (QED) is 0.363. The van der Waals surface area contributed by atoms with E-state index in [-0.39, 0.29) is 43.1 Å². The summed E-state index contributed by atoms with van der Waals surface area (Å²) in [6.07, 6.45) is 0. The molecule has 2 N–H and O–H groups in total. The van der Waals surface area contributed by atoms with Gasteiger partial charge >= 0.3 is 6.61 Å². The monoisotopic (exact) mass is 497 g/mol. The Hall–Kier alpha value is -1.82. The molecule has 0 saturated heterocycles. The summed E-state index contributed by atoms with van der Waals surface area (Å²) in [5, 5.41) is 8.23. The van der Waals surface area contributed by atoms with E-state index in [1.807, 2.05) is 17.5 Å². The number of thiophene rings is 1. The number of alkyl halides is 2. The lowest BCUT2D eigenvalue weighted by Crippen LogP contribution is -2.36. The van der Waals surface area contributed by atoms with Crippen LogP contribution in [0.3, 0.4) is 0 Å². The summed E-state index contributed by atoms with van der Waals surface area (Å²) >= 11 is 1.63. The van der Waals surface area contributed by atoms with Crippen molar-refractivity contribution in [2.24, 2.45) is 4.99 Å². The van der Waals surface area contributed by atoms with Crippen molar-refractivity contribution in [2.45, 2.75) is 19.7 Å². The van der Waals surface area contributed by atoms with E-state index < -0.39 is 6.61 Å². The molecule has 0 amide bonds. The van der Waals surface area contributed by atoms with E-state index in [9.17, 15) is 8.78 Å². The van der Waals surface area contributed by atoms with Gasteiger partial charge in [0.05, 0.1) is 6.54 Å². The van der Waals surface area contributed by atoms with E-state index in [1.165, 1.54) is 6.07 Å². The van der Waals surface area contributed by atoms with E-state index in [4.69, 9.17) is 9.47 Å². The van der Waals surface area contributed by atoms with Gasteiger partial charge in [0.15, 0.2) is 17.5 Å². The first kappa shape index (κ1) is 20.5. The van der Waals surface area contributed by atoms with Gasteiger partial charge in [0.2, 0.25) is 6.79 Å². The molecule has 26 heavy (non-hydrogen) atoms. The highest BCUT2D eigenvalue weighted by Gasteiger charge is 2.20. The van der Waals surface area contributed by atoms with E-state index in [0.717, 1.165) is 4.88 Å². The number of halogens is 3. The largest absolute Gasteiger partial charge is 0.454 e. The number of nitrogens with zero attached hydrogens (tertiary/aromatic N) is 1. The first-order valence-electron chi connectivity index (χ1n) is 7.50. The molecular formula is C16H18F2IN3O3S. The Balaban J connectivity index is 0.00000243. The lowest BCUT2D eigenvalue weighted by atomic mass is 10.1. The maximum absolute atomic E-state index is 12.6. The summed E-state index contributed by atoms with van der Waals surface area (Å²) in [6.45, 7) is -2.00. The SMILES string of the molecule is CN=C(NCc1cccs1)NCc1cc2c(cc1OC(F)F)OCO2.I. The van der Waals surface area contributed by atoms with Gasteiger partial charge in [-0.2, -0.15) is 8.78 Å². The Bertz CT molecular complexity index is 745. The highest BCUT2D eigenvalue weighted by atomic mass is 127. The Morgan fingerprint density at radius 1 is 1.27 bits per heavy atom. The predicted octanol–water partition coefficient (Wildman–Crippen LogP) is 3.56. The number of hydrogen-bond donors (Lipinski definition) is 2. The van der Waals surface area contributed by atoms with Gasteiger partial charge in [-0.1, -0.05) is 6.07 Å². The molecule has 0 spiro atoms. The average molecular weight is 497 g/mol. The van der Waals surface area contributed by atoms with Crippen LogP contribution in [0, 0.1) is 0 Å². The molecule has 1 aliphatic heterocycles. The maximum atomic E-state index is 12.6. The van der Waals surface area contributed by atoms with Crippen LogP contribution in [0.5, 0.6) is 17.2 Å². The summed E-state index contributed by atoms with van der Waals surface area (Å²) in [5.74, 6) is 1.48. The van der Waals surface area contributed by atoms with Crippen LogP contribution in [0.25, 0.3) is 0 Å². The smallest absolute Gasteiger partial charge is 0.387 e.